The van der Waals surface area contributed by atoms with Crippen LogP contribution < -0.4 is 10.6 Å². The minimum atomic E-state index is 0. The molecule has 1 aromatic carbocycles. The van der Waals surface area contributed by atoms with Gasteiger partial charge in [0.1, 0.15) is 0 Å². The second-order valence-electron chi connectivity index (χ2n) is 6.65. The summed E-state index contributed by atoms with van der Waals surface area (Å²) in [6.45, 7) is 3.34. The Balaban J connectivity index is 0.00000176. The van der Waals surface area contributed by atoms with Crippen molar-refractivity contribution >= 4 is 29.9 Å². The molecule has 1 aromatic rings. The molecule has 4 heteroatoms. The summed E-state index contributed by atoms with van der Waals surface area (Å²) in [7, 11) is 1.87. The van der Waals surface area contributed by atoms with Crippen LogP contribution >= 0.6 is 24.0 Å². The first-order valence-corrected chi connectivity index (χ1v) is 8.31. The van der Waals surface area contributed by atoms with Gasteiger partial charge in [0.25, 0.3) is 0 Å². The van der Waals surface area contributed by atoms with Crippen LogP contribution in [0.2, 0.25) is 0 Å². The van der Waals surface area contributed by atoms with Gasteiger partial charge < -0.3 is 10.6 Å². The fourth-order valence-electron chi connectivity index (χ4n) is 3.56. The van der Waals surface area contributed by atoms with E-state index in [1.165, 1.54) is 43.2 Å². The molecule has 2 aliphatic carbocycles. The third-order valence-electron chi connectivity index (χ3n) is 5.06. The van der Waals surface area contributed by atoms with Gasteiger partial charge in [-0.15, -0.1) is 24.0 Å². The van der Waals surface area contributed by atoms with Crippen LogP contribution in [0.5, 0.6) is 0 Å². The highest BCUT2D eigenvalue weighted by Gasteiger charge is 2.25. The van der Waals surface area contributed by atoms with Crippen LogP contribution in [-0.2, 0) is 6.42 Å². The molecule has 1 unspecified atom stereocenters. The third kappa shape index (κ3) is 4.15. The second-order valence-corrected chi connectivity index (χ2v) is 6.65. The summed E-state index contributed by atoms with van der Waals surface area (Å²) in [4.78, 5) is 4.38. The van der Waals surface area contributed by atoms with Gasteiger partial charge in [0.2, 0.25) is 0 Å². The number of aliphatic imine (C=N–C) groups is 1. The molecule has 122 valence electrons. The zero-order valence-electron chi connectivity index (χ0n) is 13.6. The summed E-state index contributed by atoms with van der Waals surface area (Å²) in [6, 6.07) is 9.36. The third-order valence-corrected chi connectivity index (χ3v) is 5.06. The second kappa shape index (κ2) is 8.18. The van der Waals surface area contributed by atoms with E-state index in [1.807, 2.05) is 7.05 Å². The van der Waals surface area contributed by atoms with E-state index in [0.717, 1.165) is 18.4 Å². The van der Waals surface area contributed by atoms with Crippen LogP contribution in [0.25, 0.3) is 0 Å². The molecule has 3 rings (SSSR count). The highest BCUT2D eigenvalue weighted by atomic mass is 127. The molecule has 0 aliphatic heterocycles. The Kier molecular flexibility index (Phi) is 6.53. The summed E-state index contributed by atoms with van der Waals surface area (Å²) in [5, 5.41) is 7.10. The van der Waals surface area contributed by atoms with Gasteiger partial charge in [-0.05, 0) is 49.1 Å². The van der Waals surface area contributed by atoms with Crippen LogP contribution in [0.3, 0.4) is 0 Å². The molecule has 22 heavy (non-hydrogen) atoms. The Hall–Kier alpha value is -0.780. The van der Waals surface area contributed by atoms with Crippen LogP contribution in [-0.4, -0.2) is 25.6 Å². The monoisotopic (exact) mass is 413 g/mol. The maximum atomic E-state index is 4.38. The van der Waals surface area contributed by atoms with Gasteiger partial charge >= 0.3 is 0 Å². The van der Waals surface area contributed by atoms with E-state index in [0.29, 0.717) is 12.0 Å². The highest BCUT2D eigenvalue weighted by molar-refractivity contribution is 14.0. The molecule has 1 saturated carbocycles. The number of benzene rings is 1. The summed E-state index contributed by atoms with van der Waals surface area (Å²) in [5.74, 6) is 2.51. The fraction of sp³-hybridized carbons (Fsp3) is 0.611. The van der Waals surface area contributed by atoms with Crippen molar-refractivity contribution in [1.29, 1.82) is 0 Å². The van der Waals surface area contributed by atoms with Crippen molar-refractivity contribution in [2.45, 2.75) is 51.0 Å². The molecular formula is C18H28IN3. The van der Waals surface area contributed by atoms with Gasteiger partial charge in [0.15, 0.2) is 5.96 Å². The van der Waals surface area contributed by atoms with Gasteiger partial charge in [-0.1, -0.05) is 31.2 Å². The fourth-order valence-corrected chi connectivity index (χ4v) is 3.56. The van der Waals surface area contributed by atoms with E-state index < -0.39 is 0 Å². The summed E-state index contributed by atoms with van der Waals surface area (Å²) in [5.41, 5.74) is 3.01. The Bertz CT molecular complexity index is 507. The number of nitrogens with one attached hydrogen (secondary N) is 2. The smallest absolute Gasteiger partial charge is 0.191 e. The summed E-state index contributed by atoms with van der Waals surface area (Å²) < 4.78 is 0. The predicted octanol–water partition coefficient (Wildman–Crippen LogP) is 3.69. The van der Waals surface area contributed by atoms with E-state index >= 15 is 0 Å². The number of guanidine groups is 1. The summed E-state index contributed by atoms with van der Waals surface area (Å²) >= 11 is 0. The molecule has 0 aromatic heterocycles. The quantitative estimate of drug-likeness (QED) is 0.451. The molecule has 2 aliphatic rings. The van der Waals surface area contributed by atoms with Crippen molar-refractivity contribution < 1.29 is 0 Å². The molecule has 0 amide bonds. The number of fused-ring (bicyclic) bond motifs is 1. The molecule has 0 bridgehead atoms. The van der Waals surface area contributed by atoms with Gasteiger partial charge in [-0.25, -0.2) is 0 Å². The van der Waals surface area contributed by atoms with E-state index in [9.17, 15) is 0 Å². The average molecular weight is 413 g/mol. The zero-order chi connectivity index (χ0) is 14.7. The SMILES string of the molecule is CN=C(NCC1Cc2ccccc21)NC1CCC(C)CC1.I. The highest BCUT2D eigenvalue weighted by Crippen LogP contribution is 2.33. The molecule has 0 radical (unpaired) electrons. The number of hydrogen-bond donors (Lipinski definition) is 2. The molecule has 3 nitrogen and oxygen atoms in total. The van der Waals surface area contributed by atoms with Crippen molar-refractivity contribution in [3.05, 3.63) is 35.4 Å². The molecule has 2 N–H and O–H groups in total. The van der Waals surface area contributed by atoms with E-state index in [4.69, 9.17) is 0 Å². The summed E-state index contributed by atoms with van der Waals surface area (Å²) in [6.07, 6.45) is 6.42. The van der Waals surface area contributed by atoms with Crippen molar-refractivity contribution in [3.8, 4) is 0 Å². The largest absolute Gasteiger partial charge is 0.356 e. The molecule has 0 spiro atoms. The minimum absolute atomic E-state index is 0. The van der Waals surface area contributed by atoms with Crippen LogP contribution in [0, 0.1) is 5.92 Å². The van der Waals surface area contributed by atoms with Crippen molar-refractivity contribution in [1.82, 2.24) is 10.6 Å². The van der Waals surface area contributed by atoms with Crippen molar-refractivity contribution in [2.24, 2.45) is 10.9 Å². The van der Waals surface area contributed by atoms with E-state index in [2.05, 4.69) is 46.8 Å². The first kappa shape index (κ1) is 17.6. The Morgan fingerprint density at radius 3 is 2.59 bits per heavy atom. The van der Waals surface area contributed by atoms with Crippen LogP contribution in [0.15, 0.2) is 29.3 Å². The maximum absolute atomic E-state index is 4.38. The molecule has 0 heterocycles. The van der Waals surface area contributed by atoms with E-state index in [-0.39, 0.29) is 24.0 Å². The Labute approximate surface area is 151 Å². The lowest BCUT2D eigenvalue weighted by Gasteiger charge is -2.32. The normalized spacial score (nSPS) is 27.2. The Morgan fingerprint density at radius 2 is 1.91 bits per heavy atom. The van der Waals surface area contributed by atoms with Crippen molar-refractivity contribution in [3.63, 3.8) is 0 Å². The molecule has 1 atom stereocenters. The standard InChI is InChI=1S/C18H27N3.HI/c1-13-7-9-16(10-8-13)21-18(19-2)20-12-15-11-14-5-3-4-6-17(14)15;/h3-6,13,15-16H,7-12H2,1-2H3,(H2,19,20,21);1H. The van der Waals surface area contributed by atoms with Gasteiger partial charge in [-0.2, -0.15) is 0 Å². The Morgan fingerprint density at radius 1 is 1.18 bits per heavy atom. The minimum Gasteiger partial charge on any atom is -0.356 e. The lowest BCUT2D eigenvalue weighted by Crippen LogP contribution is -2.46. The molecule has 1 fully saturated rings. The van der Waals surface area contributed by atoms with Crippen LogP contribution in [0.1, 0.15) is 49.7 Å². The topological polar surface area (TPSA) is 36.4 Å². The van der Waals surface area contributed by atoms with Gasteiger partial charge in [0.05, 0.1) is 0 Å². The molecular weight excluding hydrogens is 385 g/mol. The lowest BCUT2D eigenvalue weighted by atomic mass is 9.78. The number of nitrogens with zero attached hydrogens (tertiary/aromatic N) is 1. The first-order chi connectivity index (χ1) is 10.3. The number of rotatable bonds is 3. The lowest BCUT2D eigenvalue weighted by molar-refractivity contribution is 0.329. The maximum Gasteiger partial charge on any atom is 0.191 e. The van der Waals surface area contributed by atoms with Crippen LogP contribution in [0.4, 0.5) is 0 Å². The average Bonchev–Trinajstić information content (AvgIpc) is 2.49. The number of halogens is 1. The van der Waals surface area contributed by atoms with Crippen molar-refractivity contribution in [2.75, 3.05) is 13.6 Å². The van der Waals surface area contributed by atoms with E-state index in [1.54, 1.807) is 0 Å². The predicted molar refractivity (Wildman–Crippen MR) is 104 cm³/mol. The number of hydrogen-bond acceptors (Lipinski definition) is 1. The molecule has 0 saturated heterocycles. The first-order valence-electron chi connectivity index (χ1n) is 8.31. The zero-order valence-corrected chi connectivity index (χ0v) is 16.0. The van der Waals surface area contributed by atoms with Gasteiger partial charge in [0, 0.05) is 25.6 Å². The van der Waals surface area contributed by atoms with Gasteiger partial charge in [-0.3, -0.25) is 4.99 Å².